The second kappa shape index (κ2) is 7.02. The van der Waals surface area contributed by atoms with Crippen molar-refractivity contribution in [2.45, 2.75) is 37.8 Å². The van der Waals surface area contributed by atoms with Gasteiger partial charge in [-0.25, -0.2) is 0 Å². The average molecular weight is 353 g/mol. The van der Waals surface area contributed by atoms with Crippen molar-refractivity contribution in [3.8, 4) is 0 Å². The maximum absolute atomic E-state index is 12.2. The monoisotopic (exact) mass is 353 g/mol. The van der Waals surface area contributed by atoms with Crippen molar-refractivity contribution in [2.24, 2.45) is 0 Å². The Kier molecular flexibility index (Phi) is 4.59. The summed E-state index contributed by atoms with van der Waals surface area (Å²) < 4.78 is 0. The Labute approximate surface area is 151 Å². The lowest BCUT2D eigenvalue weighted by molar-refractivity contribution is -0.122. The van der Waals surface area contributed by atoms with E-state index in [1.165, 1.54) is 15.8 Å². The van der Waals surface area contributed by atoms with Crippen LogP contribution in [0.3, 0.4) is 0 Å². The molecule has 0 radical (unpaired) electrons. The van der Waals surface area contributed by atoms with Gasteiger partial charge in [-0.15, -0.1) is 11.3 Å². The molecule has 1 aliphatic rings. The summed E-state index contributed by atoms with van der Waals surface area (Å²) in [5.41, 5.74) is 2.43. The number of hydrogen-bond donors (Lipinski definition) is 3. The Bertz CT molecular complexity index is 851. The fourth-order valence-electron chi connectivity index (χ4n) is 3.18. The van der Waals surface area contributed by atoms with Gasteiger partial charge in [0.05, 0.1) is 6.04 Å². The van der Waals surface area contributed by atoms with E-state index in [1.807, 2.05) is 13.0 Å². The number of hydrogen-bond acceptors (Lipinski definition) is 3. The quantitative estimate of drug-likeness (QED) is 0.608. The fourth-order valence-corrected chi connectivity index (χ4v) is 4.02. The van der Waals surface area contributed by atoms with E-state index in [0.717, 1.165) is 24.9 Å². The number of benzene rings is 1. The molecule has 0 bridgehead atoms. The zero-order valence-corrected chi connectivity index (χ0v) is 15.1. The van der Waals surface area contributed by atoms with E-state index < -0.39 is 0 Å². The van der Waals surface area contributed by atoms with Crippen LogP contribution in [0, 0.1) is 0 Å². The van der Waals surface area contributed by atoms with Crippen molar-refractivity contribution in [2.75, 3.05) is 6.54 Å². The van der Waals surface area contributed by atoms with Gasteiger partial charge >= 0.3 is 0 Å². The van der Waals surface area contributed by atoms with E-state index in [4.69, 9.17) is 0 Å². The van der Waals surface area contributed by atoms with Gasteiger partial charge in [0.15, 0.2) is 0 Å². The van der Waals surface area contributed by atoms with Crippen LogP contribution in [0.2, 0.25) is 0 Å². The topological polar surface area (TPSA) is 56.9 Å². The Hall–Kier alpha value is -2.11. The first-order chi connectivity index (χ1) is 12.2. The van der Waals surface area contributed by atoms with Gasteiger partial charge in [-0.1, -0.05) is 24.3 Å². The molecule has 0 spiro atoms. The minimum atomic E-state index is -0.187. The van der Waals surface area contributed by atoms with Crippen molar-refractivity contribution in [1.29, 1.82) is 0 Å². The average Bonchev–Trinajstić information content (AvgIpc) is 3.12. The molecule has 25 heavy (non-hydrogen) atoms. The highest BCUT2D eigenvalue weighted by Crippen LogP contribution is 2.32. The number of H-pyrrole nitrogens is 1. The molecule has 5 heteroatoms. The molecule has 2 atom stereocenters. The molecule has 3 N–H and O–H groups in total. The number of rotatable bonds is 7. The zero-order valence-electron chi connectivity index (χ0n) is 14.3. The molecule has 4 rings (SSSR count). The summed E-state index contributed by atoms with van der Waals surface area (Å²) in [5, 5.41) is 9.87. The van der Waals surface area contributed by atoms with Crippen molar-refractivity contribution in [3.05, 3.63) is 58.4 Å². The molecule has 1 saturated carbocycles. The van der Waals surface area contributed by atoms with Crippen LogP contribution >= 0.6 is 11.3 Å². The van der Waals surface area contributed by atoms with Crippen LogP contribution in [0.15, 0.2) is 48.0 Å². The van der Waals surface area contributed by atoms with E-state index in [-0.39, 0.29) is 17.9 Å². The van der Waals surface area contributed by atoms with Crippen LogP contribution in [0.25, 0.3) is 10.9 Å². The molecule has 2 heterocycles. The lowest BCUT2D eigenvalue weighted by Crippen LogP contribution is -2.44. The van der Waals surface area contributed by atoms with E-state index in [0.29, 0.717) is 6.04 Å². The minimum absolute atomic E-state index is 0.103. The Morgan fingerprint density at radius 1 is 1.28 bits per heavy atom. The van der Waals surface area contributed by atoms with Gasteiger partial charge in [-0.2, -0.15) is 0 Å². The van der Waals surface area contributed by atoms with Crippen LogP contribution in [-0.2, 0) is 4.79 Å². The number of fused-ring (bicyclic) bond motifs is 1. The summed E-state index contributed by atoms with van der Waals surface area (Å²) >= 11 is 1.76. The summed E-state index contributed by atoms with van der Waals surface area (Å²) in [6, 6.07) is 12.9. The minimum Gasteiger partial charge on any atom is -0.361 e. The lowest BCUT2D eigenvalue weighted by Gasteiger charge is -2.20. The number of thiophene rings is 1. The van der Waals surface area contributed by atoms with Gasteiger partial charge in [-0.3, -0.25) is 4.79 Å². The van der Waals surface area contributed by atoms with E-state index >= 15 is 0 Å². The summed E-state index contributed by atoms with van der Waals surface area (Å²) in [4.78, 5) is 16.9. The van der Waals surface area contributed by atoms with Crippen molar-refractivity contribution >= 4 is 28.1 Å². The maximum Gasteiger partial charge on any atom is 0.237 e. The highest BCUT2D eigenvalue weighted by Gasteiger charge is 2.26. The third kappa shape index (κ3) is 3.62. The molecule has 0 aliphatic heterocycles. The number of aromatic nitrogens is 1. The third-order valence-corrected chi connectivity index (χ3v) is 5.81. The van der Waals surface area contributed by atoms with Crippen LogP contribution < -0.4 is 10.6 Å². The Balaban J connectivity index is 1.54. The first-order valence-corrected chi connectivity index (χ1v) is 9.73. The van der Waals surface area contributed by atoms with Crippen LogP contribution in [-0.4, -0.2) is 29.5 Å². The summed E-state index contributed by atoms with van der Waals surface area (Å²) in [5.74, 6) is 0.332. The number of aromatic amines is 1. The number of nitrogens with one attached hydrogen (secondary N) is 3. The smallest absolute Gasteiger partial charge is 0.237 e. The van der Waals surface area contributed by atoms with Gasteiger partial charge in [0.2, 0.25) is 5.91 Å². The fraction of sp³-hybridized carbons (Fsp3) is 0.350. The summed E-state index contributed by atoms with van der Waals surface area (Å²) in [6.07, 6.45) is 4.34. The molecule has 1 fully saturated rings. The largest absolute Gasteiger partial charge is 0.361 e. The normalized spacial score (nSPS) is 16.7. The van der Waals surface area contributed by atoms with E-state index in [9.17, 15) is 4.79 Å². The molecule has 0 saturated heterocycles. The summed E-state index contributed by atoms with van der Waals surface area (Å²) in [6.45, 7) is 2.68. The molecular weight excluding hydrogens is 330 g/mol. The molecule has 1 amide bonds. The predicted octanol–water partition coefficient (Wildman–Crippen LogP) is 3.62. The van der Waals surface area contributed by atoms with E-state index in [2.05, 4.69) is 57.5 Å². The number of carbonyl (C=O) groups is 1. The zero-order chi connectivity index (χ0) is 17.2. The number of para-hydroxylation sites is 1. The standard InChI is InChI=1S/C20H23N3OS/c1-13(20(24)23-14-8-9-14)21-12-17(19-7-4-10-25-19)16-11-22-18-6-3-2-5-15(16)18/h2-7,10-11,13-14,17,21-22H,8-9,12H2,1H3,(H,23,24)/t13-,17-/m1/s1. The third-order valence-electron chi connectivity index (χ3n) is 4.83. The molecule has 2 aromatic heterocycles. The van der Waals surface area contributed by atoms with Gasteiger partial charge in [-0.05, 0) is 42.8 Å². The first-order valence-electron chi connectivity index (χ1n) is 8.85. The van der Waals surface area contributed by atoms with Gasteiger partial charge in [0, 0.05) is 40.5 Å². The Morgan fingerprint density at radius 3 is 2.88 bits per heavy atom. The molecule has 1 aromatic carbocycles. The second-order valence-electron chi connectivity index (χ2n) is 6.77. The molecule has 3 aromatic rings. The predicted molar refractivity (Wildman–Crippen MR) is 103 cm³/mol. The highest BCUT2D eigenvalue weighted by atomic mass is 32.1. The van der Waals surface area contributed by atoms with Crippen molar-refractivity contribution in [1.82, 2.24) is 15.6 Å². The maximum atomic E-state index is 12.2. The van der Waals surface area contributed by atoms with Gasteiger partial charge in [0.1, 0.15) is 0 Å². The van der Waals surface area contributed by atoms with E-state index in [1.54, 1.807) is 11.3 Å². The van der Waals surface area contributed by atoms with Gasteiger partial charge in [0.25, 0.3) is 0 Å². The second-order valence-corrected chi connectivity index (χ2v) is 7.75. The molecule has 130 valence electrons. The van der Waals surface area contributed by atoms with Crippen LogP contribution in [0.1, 0.15) is 36.1 Å². The van der Waals surface area contributed by atoms with Crippen LogP contribution in [0.4, 0.5) is 0 Å². The van der Waals surface area contributed by atoms with Crippen LogP contribution in [0.5, 0.6) is 0 Å². The lowest BCUT2D eigenvalue weighted by atomic mass is 9.96. The van der Waals surface area contributed by atoms with Crippen molar-refractivity contribution < 1.29 is 4.79 Å². The molecule has 0 unspecified atom stereocenters. The Morgan fingerprint density at radius 2 is 2.12 bits per heavy atom. The molecule has 4 nitrogen and oxygen atoms in total. The molecular formula is C20H23N3OS. The number of carbonyl (C=O) groups excluding carboxylic acids is 1. The first kappa shape index (κ1) is 16.4. The SMILES string of the molecule is C[C@@H](NC[C@@H](c1cccs1)c1c[nH]c2ccccc12)C(=O)NC1CC1. The summed E-state index contributed by atoms with van der Waals surface area (Å²) in [7, 11) is 0. The highest BCUT2D eigenvalue weighted by molar-refractivity contribution is 7.10. The number of amides is 1. The van der Waals surface area contributed by atoms with Gasteiger partial charge < -0.3 is 15.6 Å². The van der Waals surface area contributed by atoms with Crippen molar-refractivity contribution in [3.63, 3.8) is 0 Å². The molecule has 1 aliphatic carbocycles.